The minimum Gasteiger partial charge on any atom is -0.454 e. The van der Waals surface area contributed by atoms with E-state index >= 15 is 0 Å². The van der Waals surface area contributed by atoms with Crippen LogP contribution in [0.3, 0.4) is 0 Å². The van der Waals surface area contributed by atoms with Crippen LogP contribution < -0.4 is 0 Å². The molecule has 3 rings (SSSR count). The number of aliphatic hydroxyl groups is 1. The molecular weight excluding hydrogens is 352 g/mol. The first-order valence-corrected chi connectivity index (χ1v) is 10.1. The zero-order valence-electron chi connectivity index (χ0n) is 17.1. The minimum atomic E-state index is -0.729. The number of Topliss-reactive ketones (excluding diaryl/α,β-unsaturated/α-hetero) is 1. The van der Waals surface area contributed by atoms with Gasteiger partial charge < -0.3 is 9.84 Å². The molecular formula is C24H30O4. The van der Waals surface area contributed by atoms with E-state index in [0.717, 1.165) is 24.0 Å². The van der Waals surface area contributed by atoms with Gasteiger partial charge in [-0.15, -0.1) is 0 Å². The lowest BCUT2D eigenvalue weighted by Crippen LogP contribution is -2.51. The highest BCUT2D eigenvalue weighted by Gasteiger charge is 2.52. The minimum absolute atomic E-state index is 0.0507. The first-order valence-electron chi connectivity index (χ1n) is 10.1. The van der Waals surface area contributed by atoms with Gasteiger partial charge in [0.15, 0.2) is 5.78 Å². The van der Waals surface area contributed by atoms with Crippen LogP contribution in [0.1, 0.15) is 52.5 Å². The van der Waals surface area contributed by atoms with Crippen LogP contribution in [-0.4, -0.2) is 29.1 Å². The summed E-state index contributed by atoms with van der Waals surface area (Å²) in [4.78, 5) is 25.1. The third-order valence-electron chi connectivity index (χ3n) is 6.53. The van der Waals surface area contributed by atoms with Crippen LogP contribution in [-0.2, 0) is 14.3 Å². The number of carbonyl (C=O) groups is 2. The highest BCUT2D eigenvalue weighted by Crippen LogP contribution is 2.52. The molecule has 2 aliphatic carbocycles. The Morgan fingerprint density at radius 1 is 1.29 bits per heavy atom. The molecule has 4 nitrogen and oxygen atoms in total. The molecule has 4 atom stereocenters. The van der Waals surface area contributed by atoms with Crippen LogP contribution >= 0.6 is 0 Å². The van der Waals surface area contributed by atoms with Gasteiger partial charge in [0.05, 0.1) is 6.10 Å². The van der Waals surface area contributed by atoms with E-state index in [-0.39, 0.29) is 18.1 Å². The molecule has 0 radical (unpaired) electrons. The van der Waals surface area contributed by atoms with Gasteiger partial charge in [-0.3, -0.25) is 4.79 Å². The predicted octanol–water partition coefficient (Wildman–Crippen LogP) is 4.33. The lowest BCUT2D eigenvalue weighted by molar-refractivity contribution is -0.149. The summed E-state index contributed by atoms with van der Waals surface area (Å²) in [5.41, 5.74) is 1.88. The summed E-state index contributed by atoms with van der Waals surface area (Å²) in [5, 5.41) is 10.7. The Bertz CT molecular complexity index is 805. The number of aliphatic hydroxyl groups excluding tert-OH is 1. The van der Waals surface area contributed by atoms with Crippen molar-refractivity contribution in [2.45, 2.75) is 59.2 Å². The molecule has 0 amide bonds. The van der Waals surface area contributed by atoms with Gasteiger partial charge >= 0.3 is 5.97 Å². The summed E-state index contributed by atoms with van der Waals surface area (Å²) in [6.07, 6.45) is 3.76. The summed E-state index contributed by atoms with van der Waals surface area (Å²) in [6.45, 7) is 8.04. The Morgan fingerprint density at radius 2 is 1.96 bits per heavy atom. The van der Waals surface area contributed by atoms with E-state index in [4.69, 9.17) is 4.74 Å². The van der Waals surface area contributed by atoms with Crippen LogP contribution in [0.25, 0.3) is 6.08 Å². The molecule has 150 valence electrons. The Labute approximate surface area is 167 Å². The molecule has 1 aromatic carbocycles. The van der Waals surface area contributed by atoms with Crippen molar-refractivity contribution in [1.29, 1.82) is 0 Å². The Hall–Kier alpha value is -2.20. The zero-order chi connectivity index (χ0) is 20.5. The summed E-state index contributed by atoms with van der Waals surface area (Å²) in [6, 6.07) is 9.58. The maximum absolute atomic E-state index is 12.6. The van der Waals surface area contributed by atoms with Gasteiger partial charge in [-0.1, -0.05) is 51.1 Å². The normalized spacial score (nSPS) is 30.6. The molecule has 2 aliphatic rings. The number of benzene rings is 1. The molecule has 0 spiro atoms. The second-order valence-corrected chi connectivity index (χ2v) is 8.65. The van der Waals surface area contributed by atoms with Crippen molar-refractivity contribution < 1.29 is 19.4 Å². The van der Waals surface area contributed by atoms with Crippen molar-refractivity contribution in [3.63, 3.8) is 0 Å². The average Bonchev–Trinajstić information content (AvgIpc) is 2.65. The van der Waals surface area contributed by atoms with E-state index in [1.807, 2.05) is 44.2 Å². The molecule has 1 fully saturated rings. The maximum atomic E-state index is 12.6. The van der Waals surface area contributed by atoms with E-state index in [1.165, 1.54) is 6.08 Å². The maximum Gasteiger partial charge on any atom is 0.331 e. The van der Waals surface area contributed by atoms with E-state index in [2.05, 4.69) is 13.8 Å². The Balaban J connectivity index is 1.92. The topological polar surface area (TPSA) is 63.6 Å². The van der Waals surface area contributed by atoms with Gasteiger partial charge in [-0.2, -0.15) is 0 Å². The molecule has 1 aromatic rings. The molecule has 0 bridgehead atoms. The van der Waals surface area contributed by atoms with Gasteiger partial charge in [0, 0.05) is 23.8 Å². The number of hydrogen-bond donors (Lipinski definition) is 1. The van der Waals surface area contributed by atoms with E-state index in [1.54, 1.807) is 6.08 Å². The number of esters is 1. The molecule has 0 saturated heterocycles. The first kappa shape index (κ1) is 20.5. The lowest BCUT2D eigenvalue weighted by Gasteiger charge is -2.50. The largest absolute Gasteiger partial charge is 0.454 e. The van der Waals surface area contributed by atoms with Crippen LogP contribution in [0.2, 0.25) is 0 Å². The van der Waals surface area contributed by atoms with Gasteiger partial charge in [0.1, 0.15) is 6.10 Å². The predicted molar refractivity (Wildman–Crippen MR) is 109 cm³/mol. The molecule has 0 heterocycles. The summed E-state index contributed by atoms with van der Waals surface area (Å²) < 4.78 is 5.94. The van der Waals surface area contributed by atoms with Crippen molar-refractivity contribution >= 4 is 17.8 Å². The Morgan fingerprint density at radius 3 is 2.61 bits per heavy atom. The van der Waals surface area contributed by atoms with Crippen molar-refractivity contribution in [2.24, 2.45) is 17.3 Å². The van der Waals surface area contributed by atoms with E-state index < -0.39 is 23.6 Å². The third-order valence-corrected chi connectivity index (χ3v) is 6.53. The monoisotopic (exact) mass is 382 g/mol. The number of ether oxygens (including phenoxy) is 1. The van der Waals surface area contributed by atoms with Gasteiger partial charge in [0.25, 0.3) is 0 Å². The smallest absolute Gasteiger partial charge is 0.331 e. The SMILES string of the molecule is CC1=C2C(OC(=O)C=Cc3ccccc3)[C@H](C(C)C)CC[C@@]2(C)C(O)CC1=O. The number of ketones is 1. The second kappa shape index (κ2) is 8.04. The number of allylic oxidation sites excluding steroid dienone is 1. The number of hydrogen-bond acceptors (Lipinski definition) is 4. The fourth-order valence-corrected chi connectivity index (χ4v) is 4.71. The first-order chi connectivity index (χ1) is 13.2. The highest BCUT2D eigenvalue weighted by molar-refractivity contribution is 5.97. The number of carbonyl (C=O) groups excluding carboxylic acids is 2. The van der Waals surface area contributed by atoms with E-state index in [9.17, 15) is 14.7 Å². The molecule has 2 unspecified atom stereocenters. The van der Waals surface area contributed by atoms with Crippen LogP contribution in [0.5, 0.6) is 0 Å². The standard InChI is InChI=1S/C24H30O4/c1-15(2)18-12-13-24(4)20(26)14-19(25)16(3)22(24)23(18)28-21(27)11-10-17-8-6-5-7-9-17/h5-11,15,18,20,23,26H,12-14H2,1-4H3/t18-,20?,23?,24-/m0/s1. The summed E-state index contributed by atoms with van der Waals surface area (Å²) in [7, 11) is 0. The van der Waals surface area contributed by atoms with Gasteiger partial charge in [-0.05, 0) is 48.5 Å². The third kappa shape index (κ3) is 3.83. The molecule has 1 N–H and O–H groups in total. The summed E-state index contributed by atoms with van der Waals surface area (Å²) in [5.74, 6) is -0.0399. The van der Waals surface area contributed by atoms with Crippen molar-refractivity contribution in [1.82, 2.24) is 0 Å². The number of rotatable bonds is 4. The molecule has 0 aliphatic heterocycles. The number of fused-ring (bicyclic) bond motifs is 1. The van der Waals surface area contributed by atoms with Crippen LogP contribution in [0.4, 0.5) is 0 Å². The van der Waals surface area contributed by atoms with Crippen LogP contribution in [0, 0.1) is 17.3 Å². The van der Waals surface area contributed by atoms with Crippen molar-refractivity contribution in [3.8, 4) is 0 Å². The second-order valence-electron chi connectivity index (χ2n) is 8.65. The molecule has 28 heavy (non-hydrogen) atoms. The Kier molecular flexibility index (Phi) is 5.90. The fourth-order valence-electron chi connectivity index (χ4n) is 4.71. The van der Waals surface area contributed by atoms with E-state index in [0.29, 0.717) is 11.5 Å². The van der Waals surface area contributed by atoms with Crippen LogP contribution in [0.15, 0.2) is 47.6 Å². The highest BCUT2D eigenvalue weighted by atomic mass is 16.5. The molecule has 1 saturated carbocycles. The summed E-state index contributed by atoms with van der Waals surface area (Å²) >= 11 is 0. The van der Waals surface area contributed by atoms with Crippen molar-refractivity contribution in [3.05, 3.63) is 53.1 Å². The van der Waals surface area contributed by atoms with Crippen molar-refractivity contribution in [2.75, 3.05) is 0 Å². The van der Waals surface area contributed by atoms with Gasteiger partial charge in [-0.25, -0.2) is 4.79 Å². The lowest BCUT2D eigenvalue weighted by atomic mass is 9.57. The molecule has 0 aromatic heterocycles. The average molecular weight is 383 g/mol. The quantitative estimate of drug-likeness (QED) is 0.622. The molecule has 4 heteroatoms. The fraction of sp³-hybridized carbons (Fsp3) is 0.500. The zero-order valence-corrected chi connectivity index (χ0v) is 17.1. The van der Waals surface area contributed by atoms with Gasteiger partial charge in [0.2, 0.25) is 0 Å².